The van der Waals surface area contributed by atoms with Crippen molar-refractivity contribution in [1.29, 1.82) is 0 Å². The summed E-state index contributed by atoms with van der Waals surface area (Å²) in [5, 5.41) is 10.1. The quantitative estimate of drug-likeness (QED) is 0.622. The molecule has 7 heteroatoms. The van der Waals surface area contributed by atoms with Crippen molar-refractivity contribution in [1.82, 2.24) is 4.72 Å². The number of halogens is 1. The largest absolute Gasteiger partial charge is 0.386 e. The van der Waals surface area contributed by atoms with E-state index in [0.717, 1.165) is 0 Å². The molecule has 0 heterocycles. The molecule has 0 spiro atoms. The second-order valence-corrected chi connectivity index (χ2v) is 10.8. The van der Waals surface area contributed by atoms with Crippen molar-refractivity contribution in [2.24, 2.45) is 0 Å². The molecule has 2 rings (SSSR count). The minimum Gasteiger partial charge on any atom is -0.386 e. The van der Waals surface area contributed by atoms with Crippen molar-refractivity contribution in [3.8, 4) is 0 Å². The first-order valence-electron chi connectivity index (χ1n) is 10.4. The fraction of sp³-hybridized carbons (Fsp3) is 0.458. The SMILES string of the molecule is CC(C)c1cc(F)cc(C(C)C)c1CC(=O)NS(=O)(=O)Cc1cccc(C(C)(C)O)c1. The van der Waals surface area contributed by atoms with Crippen molar-refractivity contribution in [2.75, 3.05) is 0 Å². The summed E-state index contributed by atoms with van der Waals surface area (Å²) in [7, 11) is -3.95. The van der Waals surface area contributed by atoms with Crippen LogP contribution >= 0.6 is 0 Å². The summed E-state index contributed by atoms with van der Waals surface area (Å²) < 4.78 is 41.4. The average molecular weight is 450 g/mol. The van der Waals surface area contributed by atoms with Crippen molar-refractivity contribution in [2.45, 2.75) is 71.2 Å². The molecule has 0 saturated carbocycles. The molecular formula is C24H32FNO4S. The fourth-order valence-corrected chi connectivity index (χ4v) is 4.69. The highest BCUT2D eigenvalue weighted by Crippen LogP contribution is 2.29. The van der Waals surface area contributed by atoms with Crippen LogP contribution in [0.2, 0.25) is 0 Å². The Bertz CT molecular complexity index is 1020. The van der Waals surface area contributed by atoms with E-state index in [0.29, 0.717) is 27.8 Å². The van der Waals surface area contributed by atoms with Gasteiger partial charge in [-0.05, 0) is 65.6 Å². The molecule has 0 fully saturated rings. The van der Waals surface area contributed by atoms with Crippen LogP contribution in [0.5, 0.6) is 0 Å². The number of hydrogen-bond acceptors (Lipinski definition) is 4. The number of hydrogen-bond donors (Lipinski definition) is 2. The highest BCUT2D eigenvalue weighted by Gasteiger charge is 2.22. The van der Waals surface area contributed by atoms with Crippen LogP contribution in [0.25, 0.3) is 0 Å². The Balaban J connectivity index is 2.25. The number of carbonyl (C=O) groups excluding carboxylic acids is 1. The van der Waals surface area contributed by atoms with Gasteiger partial charge in [-0.25, -0.2) is 12.8 Å². The molecule has 0 aliphatic carbocycles. The first kappa shape index (κ1) is 25.0. The molecular weight excluding hydrogens is 417 g/mol. The Morgan fingerprint density at radius 2 is 1.61 bits per heavy atom. The van der Waals surface area contributed by atoms with Crippen molar-refractivity contribution in [3.05, 3.63) is 70.0 Å². The number of rotatable bonds is 8. The van der Waals surface area contributed by atoms with Gasteiger partial charge in [-0.15, -0.1) is 0 Å². The Kier molecular flexibility index (Phi) is 7.66. The third kappa shape index (κ3) is 6.87. The number of nitrogens with one attached hydrogen (secondary N) is 1. The number of aliphatic hydroxyl groups is 1. The molecule has 0 bridgehead atoms. The van der Waals surface area contributed by atoms with Crippen LogP contribution in [0, 0.1) is 5.82 Å². The second kappa shape index (κ2) is 9.49. The Morgan fingerprint density at radius 1 is 1.06 bits per heavy atom. The van der Waals surface area contributed by atoms with Gasteiger partial charge in [0.1, 0.15) is 5.82 Å². The molecule has 0 aliphatic heterocycles. The molecule has 1 amide bonds. The van der Waals surface area contributed by atoms with E-state index in [9.17, 15) is 22.7 Å². The molecule has 0 radical (unpaired) electrons. The normalized spacial score (nSPS) is 12.5. The van der Waals surface area contributed by atoms with Crippen LogP contribution in [0.3, 0.4) is 0 Å². The molecule has 2 aromatic carbocycles. The first-order valence-corrected chi connectivity index (χ1v) is 12.0. The van der Waals surface area contributed by atoms with Gasteiger partial charge in [0.15, 0.2) is 0 Å². The topological polar surface area (TPSA) is 83.5 Å². The zero-order chi connectivity index (χ0) is 23.6. The number of carbonyl (C=O) groups is 1. The highest BCUT2D eigenvalue weighted by atomic mass is 32.2. The zero-order valence-corrected chi connectivity index (χ0v) is 19.8. The lowest BCUT2D eigenvalue weighted by Gasteiger charge is -2.20. The molecule has 0 atom stereocenters. The van der Waals surface area contributed by atoms with Crippen LogP contribution in [-0.2, 0) is 32.6 Å². The van der Waals surface area contributed by atoms with E-state index in [1.165, 1.54) is 12.1 Å². The Hall–Kier alpha value is -2.25. The maximum Gasteiger partial charge on any atom is 0.239 e. The van der Waals surface area contributed by atoms with Gasteiger partial charge < -0.3 is 5.11 Å². The van der Waals surface area contributed by atoms with Gasteiger partial charge >= 0.3 is 0 Å². The standard InChI is InChI=1S/C24H32FNO4S/c1-15(2)20-11-19(25)12-21(16(3)4)22(20)13-23(27)26-31(29,30)14-17-8-7-9-18(10-17)24(5,6)28/h7-12,15-16,28H,13-14H2,1-6H3,(H,26,27). The zero-order valence-electron chi connectivity index (χ0n) is 19.0. The van der Waals surface area contributed by atoms with Crippen LogP contribution in [0.15, 0.2) is 36.4 Å². The number of sulfonamides is 1. The van der Waals surface area contributed by atoms with Gasteiger partial charge in [0, 0.05) is 0 Å². The minimum absolute atomic E-state index is 0.0165. The van der Waals surface area contributed by atoms with Crippen molar-refractivity contribution < 1.29 is 22.7 Å². The van der Waals surface area contributed by atoms with Crippen LogP contribution in [0.1, 0.15) is 81.2 Å². The molecule has 31 heavy (non-hydrogen) atoms. The third-order valence-electron chi connectivity index (χ3n) is 5.12. The Morgan fingerprint density at radius 3 is 2.10 bits per heavy atom. The fourth-order valence-electron chi connectivity index (χ4n) is 3.58. The van der Waals surface area contributed by atoms with Crippen LogP contribution in [0.4, 0.5) is 4.39 Å². The van der Waals surface area contributed by atoms with Gasteiger partial charge in [-0.3, -0.25) is 9.52 Å². The molecule has 2 N–H and O–H groups in total. The lowest BCUT2D eigenvalue weighted by Crippen LogP contribution is -2.33. The summed E-state index contributed by atoms with van der Waals surface area (Å²) in [5.74, 6) is -1.44. The summed E-state index contributed by atoms with van der Waals surface area (Å²) in [4.78, 5) is 12.7. The Labute approximate surface area is 184 Å². The van der Waals surface area contributed by atoms with E-state index in [4.69, 9.17) is 0 Å². The summed E-state index contributed by atoms with van der Waals surface area (Å²) in [6.45, 7) is 10.9. The maximum absolute atomic E-state index is 14.1. The predicted molar refractivity (Wildman–Crippen MR) is 121 cm³/mol. The number of amides is 1. The van der Waals surface area contributed by atoms with Crippen LogP contribution < -0.4 is 4.72 Å². The summed E-state index contributed by atoms with van der Waals surface area (Å²) >= 11 is 0. The second-order valence-electron chi connectivity index (χ2n) is 9.09. The minimum atomic E-state index is -3.95. The first-order chi connectivity index (χ1) is 14.2. The molecule has 5 nitrogen and oxygen atoms in total. The third-order valence-corrected chi connectivity index (χ3v) is 6.38. The summed E-state index contributed by atoms with van der Waals surface area (Å²) in [6, 6.07) is 9.45. The maximum atomic E-state index is 14.1. The number of benzene rings is 2. The average Bonchev–Trinajstić information content (AvgIpc) is 2.60. The van der Waals surface area contributed by atoms with E-state index >= 15 is 0 Å². The predicted octanol–water partition coefficient (Wildman–Crippen LogP) is 4.49. The highest BCUT2D eigenvalue weighted by molar-refractivity contribution is 7.89. The van der Waals surface area contributed by atoms with E-state index < -0.39 is 21.5 Å². The molecule has 2 aromatic rings. The summed E-state index contributed by atoms with van der Waals surface area (Å²) in [6.07, 6.45) is -0.149. The lowest BCUT2D eigenvalue weighted by atomic mass is 9.87. The smallest absolute Gasteiger partial charge is 0.239 e. The van der Waals surface area contributed by atoms with E-state index in [1.54, 1.807) is 38.1 Å². The molecule has 0 saturated heterocycles. The molecule has 0 unspecified atom stereocenters. The van der Waals surface area contributed by atoms with Crippen molar-refractivity contribution >= 4 is 15.9 Å². The van der Waals surface area contributed by atoms with E-state index in [1.807, 2.05) is 27.7 Å². The van der Waals surface area contributed by atoms with Gasteiger partial charge in [0.05, 0.1) is 17.8 Å². The van der Waals surface area contributed by atoms with Gasteiger partial charge in [0.2, 0.25) is 15.9 Å². The van der Waals surface area contributed by atoms with E-state index in [-0.39, 0.29) is 29.8 Å². The lowest BCUT2D eigenvalue weighted by molar-refractivity contribution is -0.118. The molecule has 0 aliphatic rings. The van der Waals surface area contributed by atoms with Crippen molar-refractivity contribution in [3.63, 3.8) is 0 Å². The van der Waals surface area contributed by atoms with Crippen LogP contribution in [-0.4, -0.2) is 19.4 Å². The monoisotopic (exact) mass is 449 g/mol. The molecule has 170 valence electrons. The van der Waals surface area contributed by atoms with E-state index in [2.05, 4.69) is 4.72 Å². The molecule has 0 aromatic heterocycles. The van der Waals surface area contributed by atoms with Gasteiger partial charge in [0.25, 0.3) is 0 Å². The van der Waals surface area contributed by atoms with Gasteiger partial charge in [-0.2, -0.15) is 0 Å². The van der Waals surface area contributed by atoms with Gasteiger partial charge in [-0.1, -0.05) is 52.0 Å². The summed E-state index contributed by atoms with van der Waals surface area (Å²) in [5.41, 5.74) is 2.02.